The fourth-order valence-corrected chi connectivity index (χ4v) is 4.81. The van der Waals surface area contributed by atoms with Crippen LogP contribution in [0.5, 0.6) is 0 Å². The van der Waals surface area contributed by atoms with Gasteiger partial charge in [0.05, 0.1) is 0 Å². The summed E-state index contributed by atoms with van der Waals surface area (Å²) in [6.07, 6.45) is 6.61. The van der Waals surface area contributed by atoms with Gasteiger partial charge in [-0.1, -0.05) is 6.92 Å². The molecule has 1 fully saturated rings. The van der Waals surface area contributed by atoms with Gasteiger partial charge in [-0.15, -0.1) is 11.3 Å². The van der Waals surface area contributed by atoms with Crippen LogP contribution in [0.3, 0.4) is 0 Å². The van der Waals surface area contributed by atoms with Crippen LogP contribution >= 0.6 is 11.3 Å². The van der Waals surface area contributed by atoms with Gasteiger partial charge in [-0.3, -0.25) is 4.68 Å². The minimum absolute atomic E-state index is 0.0317. The number of rotatable bonds is 7. The Kier molecular flexibility index (Phi) is 3.90. The molecule has 0 atom stereocenters. The zero-order valence-electron chi connectivity index (χ0n) is 11.9. The summed E-state index contributed by atoms with van der Waals surface area (Å²) in [6, 6.07) is 5.47. The molecule has 0 spiro atoms. The van der Waals surface area contributed by atoms with Gasteiger partial charge in [-0.25, -0.2) is 13.1 Å². The van der Waals surface area contributed by atoms with Crippen molar-refractivity contribution >= 4 is 21.4 Å². The Hall–Kier alpha value is -1.18. The fraction of sp³-hybridized carbons (Fsp3) is 0.500. The van der Waals surface area contributed by atoms with E-state index in [0.717, 1.165) is 30.7 Å². The molecule has 7 heteroatoms. The quantitative estimate of drug-likeness (QED) is 0.849. The van der Waals surface area contributed by atoms with Crippen LogP contribution in [-0.2, 0) is 23.0 Å². The monoisotopic (exact) mass is 325 g/mol. The maximum Gasteiger partial charge on any atom is 0.250 e. The van der Waals surface area contributed by atoms with Gasteiger partial charge in [0, 0.05) is 35.8 Å². The molecule has 0 saturated heterocycles. The van der Waals surface area contributed by atoms with E-state index in [1.807, 2.05) is 29.9 Å². The number of thiophene rings is 1. The Morgan fingerprint density at radius 2 is 2.24 bits per heavy atom. The van der Waals surface area contributed by atoms with Crippen LogP contribution in [0.4, 0.5) is 0 Å². The molecule has 0 aromatic carbocycles. The number of sulfonamides is 1. The largest absolute Gasteiger partial charge is 0.272 e. The smallest absolute Gasteiger partial charge is 0.250 e. The maximum absolute atomic E-state index is 12.3. The molecule has 5 nitrogen and oxygen atoms in total. The van der Waals surface area contributed by atoms with Gasteiger partial charge < -0.3 is 0 Å². The first kappa shape index (κ1) is 14.7. The molecule has 1 aliphatic carbocycles. The van der Waals surface area contributed by atoms with Crippen molar-refractivity contribution in [1.29, 1.82) is 0 Å². The van der Waals surface area contributed by atoms with Crippen LogP contribution in [-0.4, -0.2) is 24.7 Å². The lowest BCUT2D eigenvalue weighted by Gasteiger charge is -2.15. The van der Waals surface area contributed by atoms with E-state index in [2.05, 4.69) is 9.82 Å². The first-order valence-corrected chi connectivity index (χ1v) is 9.39. The van der Waals surface area contributed by atoms with Gasteiger partial charge in [0.15, 0.2) is 0 Å². The molecule has 3 rings (SSSR count). The summed E-state index contributed by atoms with van der Waals surface area (Å²) in [5.74, 6) is 0. The predicted octanol–water partition coefficient (Wildman–Crippen LogP) is 2.27. The third kappa shape index (κ3) is 3.36. The van der Waals surface area contributed by atoms with E-state index >= 15 is 0 Å². The Balaban J connectivity index is 1.64. The van der Waals surface area contributed by atoms with Crippen molar-refractivity contribution in [2.24, 2.45) is 5.41 Å². The van der Waals surface area contributed by atoms with Crippen LogP contribution in [0.15, 0.2) is 34.8 Å². The molecule has 0 amide bonds. The molecular formula is C14H19N3O2S2. The van der Waals surface area contributed by atoms with Gasteiger partial charge in [0.1, 0.15) is 4.21 Å². The molecule has 2 aromatic rings. The first-order valence-electron chi connectivity index (χ1n) is 7.09. The van der Waals surface area contributed by atoms with E-state index in [-0.39, 0.29) is 5.41 Å². The zero-order valence-corrected chi connectivity index (χ0v) is 13.6. The molecule has 0 bridgehead atoms. The highest BCUT2D eigenvalue weighted by molar-refractivity contribution is 7.91. The van der Waals surface area contributed by atoms with Crippen molar-refractivity contribution in [2.75, 3.05) is 6.54 Å². The maximum atomic E-state index is 12.3. The number of hydrogen-bond acceptors (Lipinski definition) is 4. The third-order valence-corrected chi connectivity index (χ3v) is 7.02. The number of aromatic nitrogens is 2. The minimum Gasteiger partial charge on any atom is -0.272 e. The second kappa shape index (κ2) is 5.55. The molecule has 0 aliphatic heterocycles. The second-order valence-corrected chi connectivity index (χ2v) is 8.76. The summed E-state index contributed by atoms with van der Waals surface area (Å²) in [7, 11) is -3.38. The van der Waals surface area contributed by atoms with Crippen LogP contribution in [0.2, 0.25) is 0 Å². The van der Waals surface area contributed by atoms with E-state index in [4.69, 9.17) is 0 Å². The predicted molar refractivity (Wildman–Crippen MR) is 82.8 cm³/mol. The summed E-state index contributed by atoms with van der Waals surface area (Å²) in [5.41, 5.74) is 0.0317. The molecular weight excluding hydrogens is 306 g/mol. The lowest BCUT2D eigenvalue weighted by atomic mass is 10.1. The van der Waals surface area contributed by atoms with Crippen LogP contribution in [0, 0.1) is 5.41 Å². The third-order valence-electron chi connectivity index (χ3n) is 3.90. The van der Waals surface area contributed by atoms with E-state index in [0.29, 0.717) is 10.8 Å². The zero-order chi connectivity index (χ0) is 14.9. The minimum atomic E-state index is -3.38. The summed E-state index contributed by atoms with van der Waals surface area (Å²) in [6.45, 7) is 3.28. The fourth-order valence-electron chi connectivity index (χ4n) is 2.32. The van der Waals surface area contributed by atoms with Gasteiger partial charge >= 0.3 is 0 Å². The molecule has 1 N–H and O–H groups in total. The molecule has 0 radical (unpaired) electrons. The number of hydrogen-bond donors (Lipinski definition) is 1. The average molecular weight is 325 g/mol. The molecule has 2 aromatic heterocycles. The lowest BCUT2D eigenvalue weighted by molar-refractivity contribution is 0.393. The van der Waals surface area contributed by atoms with Gasteiger partial charge in [0.25, 0.3) is 0 Å². The summed E-state index contributed by atoms with van der Waals surface area (Å²) in [4.78, 5) is 1.09. The molecule has 114 valence electrons. The van der Waals surface area contributed by atoms with Crippen molar-refractivity contribution in [1.82, 2.24) is 14.5 Å². The number of nitrogens with one attached hydrogen (secondary N) is 1. The number of aryl methyl sites for hydroxylation is 1. The van der Waals surface area contributed by atoms with Crippen molar-refractivity contribution in [2.45, 2.75) is 36.9 Å². The van der Waals surface area contributed by atoms with Crippen molar-refractivity contribution < 1.29 is 8.42 Å². The van der Waals surface area contributed by atoms with Crippen LogP contribution in [0.1, 0.15) is 24.6 Å². The Morgan fingerprint density at radius 3 is 2.81 bits per heavy atom. The molecule has 0 unspecified atom stereocenters. The Bertz CT molecular complexity index is 700. The van der Waals surface area contributed by atoms with Crippen molar-refractivity contribution in [3.05, 3.63) is 35.5 Å². The van der Waals surface area contributed by atoms with Crippen LogP contribution in [0.25, 0.3) is 0 Å². The highest BCUT2D eigenvalue weighted by atomic mass is 32.2. The van der Waals surface area contributed by atoms with E-state index < -0.39 is 10.0 Å². The molecule has 2 heterocycles. The SMILES string of the molecule is CCc1ccc(S(=O)(=O)NCC2(Cn3cccn3)CC2)s1. The Labute approximate surface area is 129 Å². The van der Waals surface area contributed by atoms with Crippen molar-refractivity contribution in [3.8, 4) is 0 Å². The molecule has 1 saturated carbocycles. The van der Waals surface area contributed by atoms with E-state index in [9.17, 15) is 8.42 Å². The van der Waals surface area contributed by atoms with Crippen molar-refractivity contribution in [3.63, 3.8) is 0 Å². The average Bonchev–Trinajstić information content (AvgIpc) is 2.89. The summed E-state index contributed by atoms with van der Waals surface area (Å²) < 4.78 is 29.7. The Morgan fingerprint density at radius 1 is 1.43 bits per heavy atom. The van der Waals surface area contributed by atoms with E-state index in [1.165, 1.54) is 11.3 Å². The standard InChI is InChI=1S/C14H19N3O2S2/c1-2-12-4-5-13(20-12)21(18,19)16-10-14(6-7-14)11-17-9-3-8-15-17/h3-5,8-9,16H,2,6-7,10-11H2,1H3. The van der Waals surface area contributed by atoms with Gasteiger partial charge in [-0.05, 0) is 37.5 Å². The molecule has 21 heavy (non-hydrogen) atoms. The second-order valence-electron chi connectivity index (χ2n) is 5.60. The first-order chi connectivity index (χ1) is 10.0. The molecule has 1 aliphatic rings. The summed E-state index contributed by atoms with van der Waals surface area (Å²) in [5, 5.41) is 4.20. The topological polar surface area (TPSA) is 64.0 Å². The van der Waals surface area contributed by atoms with Gasteiger partial charge in [-0.2, -0.15) is 5.10 Å². The van der Waals surface area contributed by atoms with E-state index in [1.54, 1.807) is 12.3 Å². The number of nitrogens with zero attached hydrogens (tertiary/aromatic N) is 2. The highest BCUT2D eigenvalue weighted by Gasteiger charge is 2.43. The highest BCUT2D eigenvalue weighted by Crippen LogP contribution is 2.46. The van der Waals surface area contributed by atoms with Gasteiger partial charge in [0.2, 0.25) is 10.0 Å². The lowest BCUT2D eigenvalue weighted by Crippen LogP contribution is -2.32. The van der Waals surface area contributed by atoms with Crippen LogP contribution < -0.4 is 4.72 Å². The summed E-state index contributed by atoms with van der Waals surface area (Å²) >= 11 is 1.35. The normalized spacial score (nSPS) is 17.0.